The standard InChI is InChI=1S/C13H10ClN3/c1-8-9(2)16-13(17-12(8)7-15)10-4-3-5-11(14)6-10/h3-6H,1-2H3. The fourth-order valence-corrected chi connectivity index (χ4v) is 1.68. The monoisotopic (exact) mass is 243 g/mol. The lowest BCUT2D eigenvalue weighted by Crippen LogP contribution is -1.99. The molecule has 2 aromatic rings. The Hall–Kier alpha value is -1.92. The first kappa shape index (κ1) is 11.6. The van der Waals surface area contributed by atoms with Crippen molar-refractivity contribution in [1.82, 2.24) is 9.97 Å². The molecule has 1 aromatic heterocycles. The quantitative estimate of drug-likeness (QED) is 0.772. The number of nitrogens with zero attached hydrogens (tertiary/aromatic N) is 3. The second-order valence-electron chi connectivity index (χ2n) is 3.73. The summed E-state index contributed by atoms with van der Waals surface area (Å²) in [7, 11) is 0. The molecule has 0 N–H and O–H groups in total. The van der Waals surface area contributed by atoms with Crippen LogP contribution in [-0.2, 0) is 0 Å². The number of aryl methyl sites for hydroxylation is 1. The van der Waals surface area contributed by atoms with Gasteiger partial charge in [0.15, 0.2) is 5.82 Å². The van der Waals surface area contributed by atoms with Gasteiger partial charge in [0, 0.05) is 21.8 Å². The maximum Gasteiger partial charge on any atom is 0.160 e. The number of benzene rings is 1. The van der Waals surface area contributed by atoms with Gasteiger partial charge in [-0.2, -0.15) is 5.26 Å². The Balaban J connectivity index is 2.62. The molecule has 0 atom stereocenters. The van der Waals surface area contributed by atoms with E-state index in [1.165, 1.54) is 0 Å². The summed E-state index contributed by atoms with van der Waals surface area (Å²) in [4.78, 5) is 8.60. The van der Waals surface area contributed by atoms with Crippen LogP contribution in [0.25, 0.3) is 11.4 Å². The summed E-state index contributed by atoms with van der Waals surface area (Å²) in [5, 5.41) is 9.63. The van der Waals surface area contributed by atoms with Gasteiger partial charge in [-0.05, 0) is 26.0 Å². The van der Waals surface area contributed by atoms with Crippen molar-refractivity contribution in [1.29, 1.82) is 5.26 Å². The smallest absolute Gasteiger partial charge is 0.160 e. The van der Waals surface area contributed by atoms with Gasteiger partial charge in [0.1, 0.15) is 11.8 Å². The van der Waals surface area contributed by atoms with Gasteiger partial charge >= 0.3 is 0 Å². The molecule has 0 radical (unpaired) electrons. The average Bonchev–Trinajstić information content (AvgIpc) is 2.32. The molecule has 3 nitrogen and oxygen atoms in total. The third kappa shape index (κ3) is 2.27. The molecule has 1 aromatic carbocycles. The first-order valence-electron chi connectivity index (χ1n) is 5.13. The molecule has 0 unspecified atom stereocenters. The molecule has 0 amide bonds. The summed E-state index contributed by atoms with van der Waals surface area (Å²) < 4.78 is 0. The summed E-state index contributed by atoms with van der Waals surface area (Å²) in [5.41, 5.74) is 2.86. The predicted octanol–water partition coefficient (Wildman–Crippen LogP) is 3.29. The van der Waals surface area contributed by atoms with Crippen molar-refractivity contribution in [3.05, 3.63) is 46.2 Å². The summed E-state index contributed by atoms with van der Waals surface area (Å²) in [5.74, 6) is 0.534. The van der Waals surface area contributed by atoms with Gasteiger partial charge < -0.3 is 0 Å². The van der Waals surface area contributed by atoms with Crippen molar-refractivity contribution in [3.63, 3.8) is 0 Å². The lowest BCUT2D eigenvalue weighted by atomic mass is 10.1. The fraction of sp³-hybridized carbons (Fsp3) is 0.154. The van der Waals surface area contributed by atoms with Crippen molar-refractivity contribution < 1.29 is 0 Å². The summed E-state index contributed by atoms with van der Waals surface area (Å²) in [6.45, 7) is 3.71. The summed E-state index contributed by atoms with van der Waals surface area (Å²) in [6.07, 6.45) is 0. The minimum Gasteiger partial charge on any atom is -0.233 e. The van der Waals surface area contributed by atoms with E-state index in [0.29, 0.717) is 16.5 Å². The van der Waals surface area contributed by atoms with E-state index in [2.05, 4.69) is 16.0 Å². The first-order chi connectivity index (χ1) is 8.11. The molecule has 4 heteroatoms. The predicted molar refractivity (Wildman–Crippen MR) is 66.7 cm³/mol. The number of nitriles is 1. The Morgan fingerprint density at radius 2 is 2.00 bits per heavy atom. The van der Waals surface area contributed by atoms with Gasteiger partial charge in [0.25, 0.3) is 0 Å². The third-order valence-electron chi connectivity index (χ3n) is 2.58. The number of rotatable bonds is 1. The highest BCUT2D eigenvalue weighted by Gasteiger charge is 2.09. The van der Waals surface area contributed by atoms with Crippen LogP contribution in [0.5, 0.6) is 0 Å². The molecule has 2 rings (SSSR count). The molecule has 0 saturated heterocycles. The highest BCUT2D eigenvalue weighted by Crippen LogP contribution is 2.21. The van der Waals surface area contributed by atoms with Crippen molar-refractivity contribution in [2.24, 2.45) is 0 Å². The van der Waals surface area contributed by atoms with E-state index < -0.39 is 0 Å². The number of hydrogen-bond donors (Lipinski definition) is 0. The van der Waals surface area contributed by atoms with Crippen LogP contribution in [0.4, 0.5) is 0 Å². The normalized spacial score (nSPS) is 10.0. The zero-order chi connectivity index (χ0) is 12.4. The molecule has 0 aliphatic carbocycles. The van der Waals surface area contributed by atoms with Crippen LogP contribution in [-0.4, -0.2) is 9.97 Å². The van der Waals surface area contributed by atoms with Crippen molar-refractivity contribution >= 4 is 11.6 Å². The van der Waals surface area contributed by atoms with Crippen LogP contribution in [0.3, 0.4) is 0 Å². The van der Waals surface area contributed by atoms with E-state index in [1.54, 1.807) is 12.1 Å². The second-order valence-corrected chi connectivity index (χ2v) is 4.16. The van der Waals surface area contributed by atoms with Crippen LogP contribution >= 0.6 is 11.6 Å². The van der Waals surface area contributed by atoms with Gasteiger partial charge in [-0.1, -0.05) is 23.7 Å². The van der Waals surface area contributed by atoms with Gasteiger partial charge in [0.2, 0.25) is 0 Å². The van der Waals surface area contributed by atoms with Gasteiger partial charge in [-0.25, -0.2) is 9.97 Å². The van der Waals surface area contributed by atoms with Crippen LogP contribution in [0.15, 0.2) is 24.3 Å². The van der Waals surface area contributed by atoms with Crippen LogP contribution in [0.2, 0.25) is 5.02 Å². The van der Waals surface area contributed by atoms with Gasteiger partial charge in [-0.3, -0.25) is 0 Å². The average molecular weight is 244 g/mol. The molecule has 0 aliphatic heterocycles. The summed E-state index contributed by atoms with van der Waals surface area (Å²) >= 11 is 5.92. The third-order valence-corrected chi connectivity index (χ3v) is 2.81. The molecule has 1 heterocycles. The van der Waals surface area contributed by atoms with Crippen molar-refractivity contribution in [2.45, 2.75) is 13.8 Å². The lowest BCUT2D eigenvalue weighted by molar-refractivity contribution is 1.05. The van der Waals surface area contributed by atoms with E-state index in [9.17, 15) is 0 Å². The second kappa shape index (κ2) is 4.52. The SMILES string of the molecule is Cc1nc(-c2cccc(Cl)c2)nc(C#N)c1C. The van der Waals surface area contributed by atoms with Gasteiger partial charge in [-0.15, -0.1) is 0 Å². The minimum atomic E-state index is 0.410. The van der Waals surface area contributed by atoms with E-state index in [-0.39, 0.29) is 0 Å². The van der Waals surface area contributed by atoms with E-state index >= 15 is 0 Å². The minimum absolute atomic E-state index is 0.410. The lowest BCUT2D eigenvalue weighted by Gasteiger charge is -2.05. The zero-order valence-electron chi connectivity index (χ0n) is 9.53. The van der Waals surface area contributed by atoms with Crippen LogP contribution in [0, 0.1) is 25.2 Å². The van der Waals surface area contributed by atoms with Crippen molar-refractivity contribution in [3.8, 4) is 17.5 Å². The Morgan fingerprint density at radius 3 is 2.65 bits per heavy atom. The van der Waals surface area contributed by atoms with Crippen LogP contribution in [0.1, 0.15) is 17.0 Å². The van der Waals surface area contributed by atoms with Crippen molar-refractivity contribution in [2.75, 3.05) is 0 Å². The van der Waals surface area contributed by atoms with E-state index in [1.807, 2.05) is 26.0 Å². The first-order valence-corrected chi connectivity index (χ1v) is 5.51. The van der Waals surface area contributed by atoms with Gasteiger partial charge in [0.05, 0.1) is 0 Å². The Kier molecular flexibility index (Phi) is 3.08. The molecule has 0 bridgehead atoms. The Morgan fingerprint density at radius 1 is 1.24 bits per heavy atom. The van der Waals surface area contributed by atoms with E-state index in [4.69, 9.17) is 16.9 Å². The molecular formula is C13H10ClN3. The molecule has 0 saturated carbocycles. The Labute approximate surface area is 105 Å². The molecule has 84 valence electrons. The summed E-state index contributed by atoms with van der Waals surface area (Å²) in [6, 6.07) is 9.36. The van der Waals surface area contributed by atoms with Crippen LogP contribution < -0.4 is 0 Å². The molecule has 17 heavy (non-hydrogen) atoms. The largest absolute Gasteiger partial charge is 0.233 e. The number of halogens is 1. The maximum atomic E-state index is 9.00. The molecule has 0 fully saturated rings. The molecule has 0 spiro atoms. The number of hydrogen-bond acceptors (Lipinski definition) is 3. The Bertz CT molecular complexity index is 615. The topological polar surface area (TPSA) is 49.6 Å². The zero-order valence-corrected chi connectivity index (χ0v) is 10.3. The molecular weight excluding hydrogens is 234 g/mol. The maximum absolute atomic E-state index is 9.00. The number of aromatic nitrogens is 2. The highest BCUT2D eigenvalue weighted by molar-refractivity contribution is 6.30. The fourth-order valence-electron chi connectivity index (χ4n) is 1.49. The molecule has 0 aliphatic rings. The highest BCUT2D eigenvalue weighted by atomic mass is 35.5. The van der Waals surface area contributed by atoms with E-state index in [0.717, 1.165) is 16.8 Å².